The Bertz CT molecular complexity index is 182. The molecule has 1 aliphatic rings. The number of hydrogen-bond acceptors (Lipinski definition) is 4. The first-order chi connectivity index (χ1) is 6.74. The van der Waals surface area contributed by atoms with Crippen molar-refractivity contribution in [2.75, 3.05) is 12.1 Å². The zero-order chi connectivity index (χ0) is 10.4. The van der Waals surface area contributed by atoms with Gasteiger partial charge in [0.15, 0.2) is 0 Å². The van der Waals surface area contributed by atoms with E-state index in [1.165, 1.54) is 0 Å². The Hall–Kier alpha value is 0.130. The third-order valence-corrected chi connectivity index (χ3v) is 4.21. The molecule has 2 N–H and O–H groups in total. The van der Waals surface area contributed by atoms with Crippen LogP contribution in [0.2, 0.25) is 0 Å². The lowest BCUT2D eigenvalue weighted by Crippen LogP contribution is -2.34. The fourth-order valence-corrected chi connectivity index (χ4v) is 2.73. The van der Waals surface area contributed by atoms with Crippen molar-refractivity contribution in [3.8, 4) is 0 Å². The molecule has 1 saturated carbocycles. The number of carbonyl (C=O) groups is 1. The molecule has 82 valence electrons. The van der Waals surface area contributed by atoms with Crippen molar-refractivity contribution in [3.05, 3.63) is 0 Å². The Labute approximate surface area is 92.8 Å². The zero-order valence-corrected chi connectivity index (χ0v) is 10.00. The summed E-state index contributed by atoms with van der Waals surface area (Å²) in [7, 11) is 3.55. The summed E-state index contributed by atoms with van der Waals surface area (Å²) in [5.41, 5.74) is 0. The quantitative estimate of drug-likeness (QED) is 0.434. The van der Waals surface area contributed by atoms with Crippen LogP contribution >= 0.6 is 21.6 Å². The van der Waals surface area contributed by atoms with E-state index in [4.69, 9.17) is 5.11 Å². The summed E-state index contributed by atoms with van der Waals surface area (Å²) in [6, 6.07) is 0.533. The van der Waals surface area contributed by atoms with Gasteiger partial charge in [-0.2, -0.15) is 0 Å². The van der Waals surface area contributed by atoms with Crippen LogP contribution in [0.25, 0.3) is 0 Å². The molecule has 0 aromatic rings. The molecule has 14 heavy (non-hydrogen) atoms. The molecule has 0 heterocycles. The second kappa shape index (κ2) is 6.58. The minimum absolute atomic E-state index is 0.0961. The topological polar surface area (TPSA) is 49.3 Å². The molecule has 0 unspecified atom stereocenters. The van der Waals surface area contributed by atoms with E-state index in [2.05, 4.69) is 11.6 Å². The van der Waals surface area contributed by atoms with Crippen LogP contribution < -0.4 is 5.32 Å². The van der Waals surface area contributed by atoms with E-state index in [1.54, 1.807) is 21.6 Å². The van der Waals surface area contributed by atoms with Crippen LogP contribution in [-0.2, 0) is 4.79 Å². The Morgan fingerprint density at radius 3 is 2.57 bits per heavy atom. The average molecular weight is 235 g/mol. The maximum atomic E-state index is 10.7. The van der Waals surface area contributed by atoms with Gasteiger partial charge in [-0.15, -0.1) is 0 Å². The smallest absolute Gasteiger partial charge is 0.306 e. The average Bonchev–Trinajstić information content (AvgIpc) is 2.19. The highest BCUT2D eigenvalue weighted by molar-refractivity contribution is 8.76. The Kier molecular flexibility index (Phi) is 5.74. The molecule has 1 aliphatic carbocycles. The van der Waals surface area contributed by atoms with Gasteiger partial charge in [0.05, 0.1) is 11.8 Å². The van der Waals surface area contributed by atoms with E-state index in [0.29, 0.717) is 6.04 Å². The van der Waals surface area contributed by atoms with Crippen molar-refractivity contribution in [2.24, 2.45) is 5.92 Å². The lowest BCUT2D eigenvalue weighted by Gasteiger charge is -2.26. The standard InChI is InChI=1S/C9H17NO2S2/c1-13-14-6-10-8-4-2-7(3-5-8)9(11)12/h7-8,10H,2-6H2,1H3,(H,11,12). The number of aliphatic carboxylic acids is 1. The van der Waals surface area contributed by atoms with Crippen LogP contribution in [0.1, 0.15) is 25.7 Å². The molecule has 3 nitrogen and oxygen atoms in total. The fraction of sp³-hybridized carbons (Fsp3) is 0.889. The fourth-order valence-electron chi connectivity index (χ4n) is 1.76. The second-order valence-corrected chi connectivity index (χ2v) is 6.08. The minimum atomic E-state index is -0.623. The van der Waals surface area contributed by atoms with Gasteiger partial charge in [-0.1, -0.05) is 21.6 Å². The first kappa shape index (κ1) is 12.2. The van der Waals surface area contributed by atoms with Crippen molar-refractivity contribution in [2.45, 2.75) is 31.7 Å². The maximum absolute atomic E-state index is 10.7. The number of nitrogens with one attached hydrogen (secondary N) is 1. The van der Waals surface area contributed by atoms with E-state index in [0.717, 1.165) is 31.6 Å². The number of hydrogen-bond donors (Lipinski definition) is 2. The molecule has 0 radical (unpaired) electrons. The summed E-state index contributed by atoms with van der Waals surface area (Å²) in [4.78, 5) is 10.7. The van der Waals surface area contributed by atoms with Crippen LogP contribution in [0.4, 0.5) is 0 Å². The highest BCUT2D eigenvalue weighted by atomic mass is 33.1. The molecular weight excluding hydrogens is 218 g/mol. The van der Waals surface area contributed by atoms with Crippen LogP contribution in [0, 0.1) is 5.92 Å². The largest absolute Gasteiger partial charge is 0.481 e. The van der Waals surface area contributed by atoms with Gasteiger partial charge in [-0.3, -0.25) is 4.79 Å². The molecule has 0 bridgehead atoms. The molecule has 0 saturated heterocycles. The van der Waals surface area contributed by atoms with Crippen LogP contribution in [-0.4, -0.2) is 29.3 Å². The van der Waals surface area contributed by atoms with E-state index < -0.39 is 5.97 Å². The van der Waals surface area contributed by atoms with Gasteiger partial charge < -0.3 is 10.4 Å². The summed E-state index contributed by atoms with van der Waals surface area (Å²) >= 11 is 0. The van der Waals surface area contributed by atoms with Gasteiger partial charge in [0.1, 0.15) is 0 Å². The molecule has 1 fully saturated rings. The third-order valence-electron chi connectivity index (χ3n) is 2.63. The maximum Gasteiger partial charge on any atom is 0.306 e. The van der Waals surface area contributed by atoms with Crippen LogP contribution in [0.15, 0.2) is 0 Å². The summed E-state index contributed by atoms with van der Waals surface area (Å²) < 4.78 is 0. The summed E-state index contributed by atoms with van der Waals surface area (Å²) in [6.07, 6.45) is 5.74. The number of carboxylic acids is 1. The Morgan fingerprint density at radius 1 is 1.43 bits per heavy atom. The van der Waals surface area contributed by atoms with Crippen molar-refractivity contribution in [3.63, 3.8) is 0 Å². The molecule has 0 aromatic carbocycles. The number of rotatable bonds is 5. The van der Waals surface area contributed by atoms with Crippen LogP contribution in [0.5, 0.6) is 0 Å². The molecule has 5 heteroatoms. The number of carboxylic acid groups (broad SMARTS) is 1. The van der Waals surface area contributed by atoms with E-state index >= 15 is 0 Å². The van der Waals surface area contributed by atoms with E-state index in [-0.39, 0.29) is 5.92 Å². The molecule has 0 aliphatic heterocycles. The summed E-state index contributed by atoms with van der Waals surface area (Å²) in [5.74, 6) is 0.243. The minimum Gasteiger partial charge on any atom is -0.481 e. The molecule has 1 rings (SSSR count). The van der Waals surface area contributed by atoms with Crippen molar-refractivity contribution in [1.82, 2.24) is 5.32 Å². The molecule has 0 spiro atoms. The van der Waals surface area contributed by atoms with E-state index in [9.17, 15) is 4.79 Å². The zero-order valence-electron chi connectivity index (χ0n) is 8.36. The highest BCUT2D eigenvalue weighted by Crippen LogP contribution is 2.25. The Balaban J connectivity index is 2.12. The first-order valence-electron chi connectivity index (χ1n) is 4.86. The van der Waals surface area contributed by atoms with Gasteiger partial charge in [0, 0.05) is 6.04 Å². The normalized spacial score (nSPS) is 27.5. The van der Waals surface area contributed by atoms with Gasteiger partial charge >= 0.3 is 5.97 Å². The van der Waals surface area contributed by atoms with Gasteiger partial charge in [0.2, 0.25) is 0 Å². The third kappa shape index (κ3) is 4.11. The molecule has 0 amide bonds. The Morgan fingerprint density at radius 2 is 2.07 bits per heavy atom. The predicted molar refractivity (Wildman–Crippen MR) is 62.5 cm³/mol. The molecule has 0 aromatic heterocycles. The lowest BCUT2D eigenvalue weighted by atomic mass is 9.86. The van der Waals surface area contributed by atoms with Crippen molar-refractivity contribution >= 4 is 27.6 Å². The van der Waals surface area contributed by atoms with Crippen molar-refractivity contribution in [1.29, 1.82) is 0 Å². The van der Waals surface area contributed by atoms with Gasteiger partial charge in [-0.25, -0.2) is 0 Å². The van der Waals surface area contributed by atoms with Gasteiger partial charge in [-0.05, 0) is 31.9 Å². The monoisotopic (exact) mass is 235 g/mol. The lowest BCUT2D eigenvalue weighted by molar-refractivity contribution is -0.142. The summed E-state index contributed by atoms with van der Waals surface area (Å²) in [6.45, 7) is 0. The predicted octanol–water partition coefficient (Wildman–Crippen LogP) is 2.19. The van der Waals surface area contributed by atoms with Crippen molar-refractivity contribution < 1.29 is 9.90 Å². The molecular formula is C9H17NO2S2. The highest BCUT2D eigenvalue weighted by Gasteiger charge is 2.25. The van der Waals surface area contributed by atoms with Gasteiger partial charge in [0.25, 0.3) is 0 Å². The second-order valence-electron chi connectivity index (χ2n) is 3.52. The SMILES string of the molecule is CSSCNC1CCC(C(=O)O)CC1. The molecule has 0 atom stereocenters. The first-order valence-corrected chi connectivity index (χ1v) is 7.58. The van der Waals surface area contributed by atoms with E-state index in [1.807, 2.05) is 0 Å². The van der Waals surface area contributed by atoms with Crippen LogP contribution in [0.3, 0.4) is 0 Å². The summed E-state index contributed by atoms with van der Waals surface area (Å²) in [5, 5.41) is 12.2.